The first-order valence-electron chi connectivity index (χ1n) is 3.41. The highest BCUT2D eigenvalue weighted by Crippen LogP contribution is 2.22. The zero-order valence-corrected chi connectivity index (χ0v) is 7.21. The van der Waals surface area contributed by atoms with Crippen LogP contribution in [0.5, 0.6) is 0 Å². The summed E-state index contributed by atoms with van der Waals surface area (Å²) in [5.74, 6) is -0.0156. The van der Waals surface area contributed by atoms with E-state index in [-0.39, 0.29) is 5.82 Å². The molecule has 3 N–H and O–H groups in total. The van der Waals surface area contributed by atoms with Crippen LogP contribution >= 0.6 is 15.9 Å². The third-order valence-electron chi connectivity index (χ3n) is 1.75. The van der Waals surface area contributed by atoms with Crippen molar-refractivity contribution < 1.29 is 10.0 Å². The van der Waals surface area contributed by atoms with Crippen LogP contribution in [-0.2, 0) is 0 Å². The van der Waals surface area contributed by atoms with E-state index in [0.717, 1.165) is 13.0 Å². The second-order valence-electron chi connectivity index (χ2n) is 2.66. The molecule has 0 aromatic heterocycles. The topological polar surface area (TPSA) is 52.5 Å². The maximum atomic E-state index is 8.79. The maximum Gasteiger partial charge on any atom is 0.456 e. The summed E-state index contributed by atoms with van der Waals surface area (Å²) < 4.78 is 0. The SMILES string of the molecule is OB(O)C1CNCC(Br)C1. The maximum absolute atomic E-state index is 8.79. The molecule has 10 heavy (non-hydrogen) atoms. The molecule has 1 rings (SSSR count). The van der Waals surface area contributed by atoms with Gasteiger partial charge in [0.1, 0.15) is 0 Å². The van der Waals surface area contributed by atoms with Gasteiger partial charge in [-0.25, -0.2) is 0 Å². The molecule has 3 nitrogen and oxygen atoms in total. The van der Waals surface area contributed by atoms with Gasteiger partial charge in [-0.05, 0) is 13.0 Å². The number of alkyl halides is 1. The lowest BCUT2D eigenvalue weighted by atomic mass is 9.69. The Kier molecular flexibility index (Phi) is 3.16. The van der Waals surface area contributed by atoms with Crippen LogP contribution in [0, 0.1) is 0 Å². The highest BCUT2D eigenvalue weighted by molar-refractivity contribution is 9.09. The average Bonchev–Trinajstić information content (AvgIpc) is 1.88. The Morgan fingerprint density at radius 1 is 1.40 bits per heavy atom. The Bertz CT molecular complexity index is 114. The second kappa shape index (κ2) is 3.71. The number of hydrogen-bond donors (Lipinski definition) is 3. The first-order chi connectivity index (χ1) is 4.70. The third-order valence-corrected chi connectivity index (χ3v) is 2.45. The summed E-state index contributed by atoms with van der Waals surface area (Å²) in [6.07, 6.45) is 0.838. The fourth-order valence-corrected chi connectivity index (χ4v) is 1.86. The van der Waals surface area contributed by atoms with E-state index in [9.17, 15) is 0 Å². The Morgan fingerprint density at radius 2 is 2.10 bits per heavy atom. The molecule has 1 heterocycles. The number of nitrogens with one attached hydrogen (secondary N) is 1. The van der Waals surface area contributed by atoms with Crippen molar-refractivity contribution in [2.75, 3.05) is 13.1 Å². The van der Waals surface area contributed by atoms with Crippen molar-refractivity contribution in [2.24, 2.45) is 0 Å². The first kappa shape index (κ1) is 8.52. The molecule has 1 aliphatic rings. The van der Waals surface area contributed by atoms with E-state index < -0.39 is 7.12 Å². The van der Waals surface area contributed by atoms with Gasteiger partial charge in [0.05, 0.1) is 0 Å². The minimum absolute atomic E-state index is 0.0156. The van der Waals surface area contributed by atoms with Crippen molar-refractivity contribution in [3.63, 3.8) is 0 Å². The van der Waals surface area contributed by atoms with Crippen molar-refractivity contribution >= 4 is 23.0 Å². The summed E-state index contributed by atoms with van der Waals surface area (Å²) in [5.41, 5.74) is 0. The lowest BCUT2D eigenvalue weighted by molar-refractivity contribution is 0.361. The van der Waals surface area contributed by atoms with Crippen LogP contribution in [0.3, 0.4) is 0 Å². The zero-order chi connectivity index (χ0) is 7.56. The highest BCUT2D eigenvalue weighted by atomic mass is 79.9. The summed E-state index contributed by atoms with van der Waals surface area (Å²) in [4.78, 5) is 0.382. The van der Waals surface area contributed by atoms with Crippen molar-refractivity contribution in [3.8, 4) is 0 Å². The van der Waals surface area contributed by atoms with Crippen LogP contribution < -0.4 is 5.32 Å². The standard InChI is InChI=1S/C5H11BBrNO2/c7-5-1-4(6(9)10)2-8-3-5/h4-5,8-10H,1-3H2. The molecule has 5 heteroatoms. The molecule has 0 amide bonds. The summed E-state index contributed by atoms with van der Waals surface area (Å²) in [6, 6.07) is 0. The molecule has 1 aliphatic heterocycles. The summed E-state index contributed by atoms with van der Waals surface area (Å²) >= 11 is 3.41. The predicted octanol–water partition coefficient (Wildman–Crippen LogP) is -0.414. The normalized spacial score (nSPS) is 33.9. The molecule has 0 bridgehead atoms. The van der Waals surface area contributed by atoms with E-state index in [2.05, 4.69) is 21.2 Å². The van der Waals surface area contributed by atoms with E-state index in [1.165, 1.54) is 0 Å². The van der Waals surface area contributed by atoms with Crippen LogP contribution in [0.15, 0.2) is 0 Å². The Morgan fingerprint density at radius 3 is 2.50 bits per heavy atom. The largest absolute Gasteiger partial charge is 0.456 e. The molecule has 2 atom stereocenters. The van der Waals surface area contributed by atoms with E-state index >= 15 is 0 Å². The zero-order valence-electron chi connectivity index (χ0n) is 5.63. The lowest BCUT2D eigenvalue weighted by Gasteiger charge is -2.25. The van der Waals surface area contributed by atoms with Gasteiger partial charge in [-0.2, -0.15) is 0 Å². The summed E-state index contributed by atoms with van der Waals surface area (Å²) in [6.45, 7) is 1.63. The number of hydrogen-bond acceptors (Lipinski definition) is 3. The van der Waals surface area contributed by atoms with Crippen molar-refractivity contribution in [3.05, 3.63) is 0 Å². The number of piperidine rings is 1. The molecule has 2 unspecified atom stereocenters. The van der Waals surface area contributed by atoms with Gasteiger partial charge in [0.2, 0.25) is 0 Å². The fraction of sp³-hybridized carbons (Fsp3) is 1.00. The van der Waals surface area contributed by atoms with Crippen LogP contribution in [0.1, 0.15) is 6.42 Å². The van der Waals surface area contributed by atoms with Gasteiger partial charge in [0.15, 0.2) is 0 Å². The molecule has 0 aromatic rings. The van der Waals surface area contributed by atoms with Crippen LogP contribution in [0.4, 0.5) is 0 Å². The number of halogens is 1. The highest BCUT2D eigenvalue weighted by Gasteiger charge is 2.28. The smallest absolute Gasteiger partial charge is 0.427 e. The van der Waals surface area contributed by atoms with E-state index in [1.807, 2.05) is 0 Å². The lowest BCUT2D eigenvalue weighted by Crippen LogP contribution is -2.40. The number of rotatable bonds is 1. The molecule has 0 saturated carbocycles. The van der Waals surface area contributed by atoms with Crippen molar-refractivity contribution in [2.45, 2.75) is 17.1 Å². The molecular formula is C5H11BBrNO2. The van der Waals surface area contributed by atoms with Crippen molar-refractivity contribution in [1.82, 2.24) is 5.32 Å². The van der Waals surface area contributed by atoms with E-state index in [0.29, 0.717) is 11.4 Å². The predicted molar refractivity (Wildman–Crippen MR) is 44.1 cm³/mol. The minimum Gasteiger partial charge on any atom is -0.427 e. The fourth-order valence-electron chi connectivity index (χ4n) is 1.15. The molecule has 1 saturated heterocycles. The first-order valence-corrected chi connectivity index (χ1v) is 4.32. The quantitative estimate of drug-likeness (QED) is 0.405. The Balaban J connectivity index is 2.32. The molecule has 58 valence electrons. The van der Waals surface area contributed by atoms with Crippen LogP contribution in [-0.4, -0.2) is 35.1 Å². The second-order valence-corrected chi connectivity index (χ2v) is 3.96. The molecule has 0 radical (unpaired) electrons. The van der Waals surface area contributed by atoms with Gasteiger partial charge in [-0.15, -0.1) is 0 Å². The van der Waals surface area contributed by atoms with Crippen LogP contribution in [0.2, 0.25) is 5.82 Å². The third kappa shape index (κ3) is 2.23. The molecule has 0 aliphatic carbocycles. The molecule has 0 spiro atoms. The molecule has 1 fully saturated rings. The monoisotopic (exact) mass is 207 g/mol. The van der Waals surface area contributed by atoms with E-state index in [4.69, 9.17) is 10.0 Å². The van der Waals surface area contributed by atoms with Crippen LogP contribution in [0.25, 0.3) is 0 Å². The van der Waals surface area contributed by atoms with Gasteiger partial charge >= 0.3 is 7.12 Å². The average molecular weight is 208 g/mol. The molecular weight excluding hydrogens is 197 g/mol. The molecule has 0 aromatic carbocycles. The minimum atomic E-state index is -1.17. The van der Waals surface area contributed by atoms with Gasteiger partial charge in [0, 0.05) is 17.2 Å². The van der Waals surface area contributed by atoms with Gasteiger partial charge in [-0.3, -0.25) is 0 Å². The van der Waals surface area contributed by atoms with Crippen molar-refractivity contribution in [1.29, 1.82) is 0 Å². The van der Waals surface area contributed by atoms with E-state index in [1.54, 1.807) is 0 Å². The Labute approximate surface area is 69.1 Å². The Hall–Kier alpha value is 0.425. The summed E-state index contributed by atoms with van der Waals surface area (Å²) in [5, 5.41) is 20.7. The van der Waals surface area contributed by atoms with Gasteiger partial charge < -0.3 is 15.4 Å². The van der Waals surface area contributed by atoms with Gasteiger partial charge in [-0.1, -0.05) is 15.9 Å². The van der Waals surface area contributed by atoms with Gasteiger partial charge in [0.25, 0.3) is 0 Å². The summed E-state index contributed by atoms with van der Waals surface area (Å²) in [7, 11) is -1.17.